The number of hydrogen-bond acceptors (Lipinski definition) is 2. The molecule has 28 heavy (non-hydrogen) atoms. The second-order valence-corrected chi connectivity index (χ2v) is 10.3. The third-order valence-corrected chi connectivity index (χ3v) is 7.04. The zero-order valence-corrected chi connectivity index (χ0v) is 18.7. The molecule has 0 N–H and O–H groups in total. The molecule has 2 atom stereocenters. The third kappa shape index (κ3) is 3.97. The predicted molar refractivity (Wildman–Crippen MR) is 117 cm³/mol. The van der Waals surface area contributed by atoms with Gasteiger partial charge in [-0.2, -0.15) is 0 Å². The second kappa shape index (κ2) is 7.21. The van der Waals surface area contributed by atoms with E-state index in [1.54, 1.807) is 6.08 Å². The summed E-state index contributed by atoms with van der Waals surface area (Å²) in [5.74, 6) is 0.263. The fourth-order valence-electron chi connectivity index (χ4n) is 4.64. The van der Waals surface area contributed by atoms with Gasteiger partial charge in [-0.3, -0.25) is 0 Å². The first-order valence-corrected chi connectivity index (χ1v) is 10.7. The molecule has 0 bridgehead atoms. The maximum absolute atomic E-state index is 11.6. The van der Waals surface area contributed by atoms with E-state index in [4.69, 9.17) is 4.74 Å². The number of rotatable bonds is 5. The molecule has 1 saturated carbocycles. The Hall–Kier alpha value is -1.83. The molecule has 0 amide bonds. The fourth-order valence-corrected chi connectivity index (χ4v) is 4.64. The normalized spacial score (nSPS) is 28.1. The number of ether oxygens (including phenoxy) is 1. The summed E-state index contributed by atoms with van der Waals surface area (Å²) in [7, 11) is 0. The molecule has 152 valence electrons. The highest BCUT2D eigenvalue weighted by atomic mass is 16.5. The maximum Gasteiger partial charge on any atom is 0.330 e. The van der Waals surface area contributed by atoms with Crippen LogP contribution in [0.5, 0.6) is 0 Å². The van der Waals surface area contributed by atoms with Crippen molar-refractivity contribution < 1.29 is 9.53 Å². The van der Waals surface area contributed by atoms with Crippen LogP contribution in [0, 0.1) is 5.92 Å². The highest BCUT2D eigenvalue weighted by Crippen LogP contribution is 2.56. The van der Waals surface area contributed by atoms with Crippen LogP contribution in [0.25, 0.3) is 0 Å². The summed E-state index contributed by atoms with van der Waals surface area (Å²) < 4.78 is 4.99. The molecule has 2 unspecified atom stereocenters. The zero-order chi connectivity index (χ0) is 20.7. The minimum absolute atomic E-state index is 0.202. The molecule has 1 aromatic carbocycles. The lowest BCUT2D eigenvalue weighted by Gasteiger charge is -2.42. The van der Waals surface area contributed by atoms with Crippen LogP contribution in [0.4, 0.5) is 0 Å². The molecule has 3 rings (SSSR count). The highest BCUT2D eigenvalue weighted by molar-refractivity contribution is 5.83. The van der Waals surface area contributed by atoms with Crippen molar-refractivity contribution >= 4 is 5.97 Å². The number of hydrogen-bond donors (Lipinski definition) is 0. The van der Waals surface area contributed by atoms with Gasteiger partial charge in [0.2, 0.25) is 0 Å². The van der Waals surface area contributed by atoms with Crippen molar-refractivity contribution in [1.82, 2.24) is 0 Å². The number of esters is 1. The fraction of sp³-hybridized carbons (Fsp3) is 0.577. The van der Waals surface area contributed by atoms with Gasteiger partial charge in [-0.05, 0) is 77.5 Å². The summed E-state index contributed by atoms with van der Waals surface area (Å²) in [5.41, 5.74) is 6.18. The van der Waals surface area contributed by atoms with E-state index in [-0.39, 0.29) is 22.2 Å². The van der Waals surface area contributed by atoms with Crippen molar-refractivity contribution in [2.75, 3.05) is 6.61 Å². The Morgan fingerprint density at radius 1 is 1.11 bits per heavy atom. The summed E-state index contributed by atoms with van der Waals surface area (Å²) in [5, 5.41) is 0. The van der Waals surface area contributed by atoms with Gasteiger partial charge in [0.1, 0.15) is 0 Å². The molecule has 0 spiro atoms. The van der Waals surface area contributed by atoms with Crippen molar-refractivity contribution in [3.8, 4) is 0 Å². The Labute approximate surface area is 171 Å². The quantitative estimate of drug-likeness (QED) is 0.336. The Kier molecular flexibility index (Phi) is 5.38. The van der Waals surface area contributed by atoms with E-state index in [1.165, 1.54) is 36.0 Å². The number of allylic oxidation sites excluding steroid dienone is 3. The zero-order valence-electron chi connectivity index (χ0n) is 18.7. The molecule has 0 radical (unpaired) electrons. The molecule has 0 heterocycles. The smallest absolute Gasteiger partial charge is 0.330 e. The van der Waals surface area contributed by atoms with E-state index in [1.807, 2.05) is 13.8 Å². The molecule has 0 aromatic heterocycles. The van der Waals surface area contributed by atoms with E-state index < -0.39 is 0 Å². The number of carbonyl (C=O) groups excluding carboxylic acids is 1. The monoisotopic (exact) mass is 380 g/mol. The summed E-state index contributed by atoms with van der Waals surface area (Å²) in [6.45, 7) is 16.1. The Bertz CT molecular complexity index is 825. The van der Waals surface area contributed by atoms with Gasteiger partial charge in [0.15, 0.2) is 0 Å². The molecule has 1 fully saturated rings. The Morgan fingerprint density at radius 3 is 2.39 bits per heavy atom. The first-order valence-electron chi connectivity index (χ1n) is 10.7. The summed E-state index contributed by atoms with van der Waals surface area (Å²) in [6, 6.07) is 7.24. The van der Waals surface area contributed by atoms with Crippen molar-refractivity contribution in [3.63, 3.8) is 0 Å². The highest BCUT2D eigenvalue weighted by Gasteiger charge is 2.50. The van der Waals surface area contributed by atoms with Crippen LogP contribution in [-0.2, 0) is 25.8 Å². The van der Waals surface area contributed by atoms with Crippen LogP contribution in [-0.4, -0.2) is 12.6 Å². The van der Waals surface area contributed by atoms with Crippen LogP contribution in [0.15, 0.2) is 42.0 Å². The van der Waals surface area contributed by atoms with Gasteiger partial charge in [-0.15, -0.1) is 0 Å². The van der Waals surface area contributed by atoms with Crippen LogP contribution in [0.1, 0.15) is 84.4 Å². The van der Waals surface area contributed by atoms with Crippen LogP contribution in [0.2, 0.25) is 0 Å². The lowest BCUT2D eigenvalue weighted by atomic mass is 9.62. The SMILES string of the molecule is CCOC(=O)/C=C(C)/C=C/C1CC1(C)c1ccc2c(c1)C(C)(C)CCC2(C)C. The largest absolute Gasteiger partial charge is 0.463 e. The lowest BCUT2D eigenvalue weighted by Crippen LogP contribution is -2.34. The van der Waals surface area contributed by atoms with E-state index in [2.05, 4.69) is 65.0 Å². The van der Waals surface area contributed by atoms with Crippen LogP contribution in [0.3, 0.4) is 0 Å². The summed E-state index contributed by atoms with van der Waals surface area (Å²) in [6.07, 6.45) is 9.56. The third-order valence-electron chi connectivity index (χ3n) is 7.04. The van der Waals surface area contributed by atoms with Crippen LogP contribution >= 0.6 is 0 Å². The minimum Gasteiger partial charge on any atom is -0.463 e. The minimum atomic E-state index is -0.261. The molecular weight excluding hydrogens is 344 g/mol. The first kappa shape index (κ1) is 20.9. The Balaban J connectivity index is 1.80. The summed E-state index contributed by atoms with van der Waals surface area (Å²) in [4.78, 5) is 11.6. The van der Waals surface area contributed by atoms with Gasteiger partial charge in [-0.25, -0.2) is 4.79 Å². The topological polar surface area (TPSA) is 26.3 Å². The molecule has 1 aromatic rings. The van der Waals surface area contributed by atoms with Gasteiger partial charge in [0.25, 0.3) is 0 Å². The number of carbonyl (C=O) groups is 1. The van der Waals surface area contributed by atoms with Gasteiger partial charge in [0, 0.05) is 6.08 Å². The number of fused-ring (bicyclic) bond motifs is 1. The first-order chi connectivity index (χ1) is 13.0. The van der Waals surface area contributed by atoms with Crippen molar-refractivity contribution in [2.24, 2.45) is 5.92 Å². The second-order valence-electron chi connectivity index (χ2n) is 10.3. The van der Waals surface area contributed by atoms with Gasteiger partial charge >= 0.3 is 5.97 Å². The standard InChI is InChI=1S/C26H36O2/c1-8-28-23(27)15-18(2)9-10-20-17-26(20,7)19-11-12-21-22(16-19)25(5,6)14-13-24(21,3)4/h9-12,15-16,20H,8,13-14,17H2,1-7H3/b10-9+,18-15+. The molecule has 0 aliphatic heterocycles. The Morgan fingerprint density at radius 2 is 1.75 bits per heavy atom. The van der Waals surface area contributed by atoms with Gasteiger partial charge in [0.05, 0.1) is 6.61 Å². The molecule has 2 aliphatic carbocycles. The molecule has 0 saturated heterocycles. The van der Waals surface area contributed by atoms with Crippen molar-refractivity contribution in [2.45, 2.75) is 84.0 Å². The number of benzene rings is 1. The molecular formula is C26H36O2. The van der Waals surface area contributed by atoms with E-state index in [0.717, 1.165) is 5.57 Å². The average Bonchev–Trinajstić information content (AvgIpc) is 3.29. The molecule has 2 nitrogen and oxygen atoms in total. The molecule has 2 heteroatoms. The van der Waals surface area contributed by atoms with Gasteiger partial charge in [-0.1, -0.05) is 65.0 Å². The van der Waals surface area contributed by atoms with E-state index >= 15 is 0 Å². The van der Waals surface area contributed by atoms with Crippen molar-refractivity contribution in [1.29, 1.82) is 0 Å². The maximum atomic E-state index is 11.6. The lowest BCUT2D eigenvalue weighted by molar-refractivity contribution is -0.137. The molecule has 2 aliphatic rings. The van der Waals surface area contributed by atoms with E-state index in [9.17, 15) is 4.79 Å². The van der Waals surface area contributed by atoms with Crippen molar-refractivity contribution in [3.05, 3.63) is 58.7 Å². The van der Waals surface area contributed by atoms with E-state index in [0.29, 0.717) is 12.5 Å². The predicted octanol–water partition coefficient (Wildman–Crippen LogP) is 6.38. The van der Waals surface area contributed by atoms with Crippen LogP contribution < -0.4 is 0 Å². The van der Waals surface area contributed by atoms with Gasteiger partial charge < -0.3 is 4.74 Å². The summed E-state index contributed by atoms with van der Waals surface area (Å²) >= 11 is 0. The average molecular weight is 381 g/mol.